The number of carboxylic acids is 1. The van der Waals surface area contributed by atoms with Crippen LogP contribution in [0.1, 0.15) is 13.8 Å². The first kappa shape index (κ1) is 23.0. The highest BCUT2D eigenvalue weighted by atomic mass is 32.1. The van der Waals surface area contributed by atoms with Gasteiger partial charge in [-0.3, -0.25) is 4.79 Å². The van der Waals surface area contributed by atoms with Gasteiger partial charge in [0.2, 0.25) is 5.91 Å². The van der Waals surface area contributed by atoms with Crippen LogP contribution in [0, 0.1) is 11.8 Å². The molecular formula is C10H19NO7S. The van der Waals surface area contributed by atoms with E-state index in [1.54, 1.807) is 13.0 Å². The van der Waals surface area contributed by atoms with Crippen molar-refractivity contribution in [3.05, 3.63) is 11.8 Å². The third kappa shape index (κ3) is 3.07. The maximum absolute atomic E-state index is 11.6. The molecule has 8 N–H and O–H groups in total. The number of β-lactam (4-membered cyclic amide) rings is 1. The number of hydrogen-bond donors (Lipinski definition) is 2. The smallest absolute Gasteiger partial charge is 0.352 e. The Morgan fingerprint density at radius 2 is 1.84 bits per heavy atom. The number of rotatable bonds is 2. The van der Waals surface area contributed by atoms with E-state index in [-0.39, 0.29) is 53.5 Å². The molecule has 9 heteroatoms. The number of fused-ring (bicyclic) bond motifs is 1. The number of hydrogen-bond acceptors (Lipinski definition) is 3. The number of aliphatic hydroxyl groups excluding tert-OH is 1. The van der Waals surface area contributed by atoms with Gasteiger partial charge in [0, 0.05) is 13.5 Å². The van der Waals surface area contributed by atoms with Crippen LogP contribution in [-0.2, 0) is 9.59 Å². The molecule has 0 aromatic carbocycles. The van der Waals surface area contributed by atoms with Crippen molar-refractivity contribution in [2.75, 3.05) is 0 Å². The molecule has 2 aliphatic rings. The molecule has 2 radical (unpaired) electrons. The van der Waals surface area contributed by atoms with Gasteiger partial charge >= 0.3 is 5.97 Å². The average molecular weight is 297 g/mol. The number of carbonyl (C=O) groups excluding carboxylic acids is 1. The maximum atomic E-state index is 11.6. The van der Waals surface area contributed by atoms with Crippen molar-refractivity contribution in [3.63, 3.8) is 0 Å². The van der Waals surface area contributed by atoms with Crippen LogP contribution in [0.5, 0.6) is 0 Å². The van der Waals surface area contributed by atoms with Crippen LogP contribution in [0.3, 0.4) is 0 Å². The second kappa shape index (κ2) is 7.46. The fourth-order valence-corrected chi connectivity index (χ4v) is 2.47. The van der Waals surface area contributed by atoms with Gasteiger partial charge < -0.3 is 31.5 Å². The van der Waals surface area contributed by atoms with Crippen molar-refractivity contribution < 1.29 is 36.2 Å². The van der Waals surface area contributed by atoms with Crippen LogP contribution < -0.4 is 0 Å². The van der Waals surface area contributed by atoms with E-state index < -0.39 is 18.0 Å². The molecular weight excluding hydrogens is 278 g/mol. The predicted molar refractivity (Wildman–Crippen MR) is 69.1 cm³/mol. The highest BCUT2D eigenvalue weighted by molar-refractivity contribution is 7.59. The lowest BCUT2D eigenvalue weighted by Gasteiger charge is -2.46. The van der Waals surface area contributed by atoms with E-state index in [4.69, 9.17) is 5.11 Å². The molecule has 19 heavy (non-hydrogen) atoms. The Bertz CT molecular complexity index is 371. The van der Waals surface area contributed by atoms with Crippen molar-refractivity contribution in [1.29, 1.82) is 0 Å². The van der Waals surface area contributed by atoms with Gasteiger partial charge in [-0.15, -0.1) is 0 Å². The first-order chi connectivity index (χ1) is 6.95. The summed E-state index contributed by atoms with van der Waals surface area (Å²) in [6, 6.07) is -0.177. The quantitative estimate of drug-likeness (QED) is 0.560. The zero-order valence-corrected chi connectivity index (χ0v) is 11.3. The molecule has 1 fully saturated rings. The highest BCUT2D eigenvalue weighted by Gasteiger charge is 2.57. The molecule has 0 spiro atoms. The lowest BCUT2D eigenvalue weighted by molar-refractivity contribution is -0.163. The summed E-state index contributed by atoms with van der Waals surface area (Å²) in [4.78, 5) is 23.7. The molecule has 1 saturated heterocycles. The largest absolute Gasteiger partial charge is 0.477 e. The summed E-state index contributed by atoms with van der Waals surface area (Å²) in [5, 5.41) is 18.3. The third-order valence-electron chi connectivity index (χ3n) is 3.15. The summed E-state index contributed by atoms with van der Waals surface area (Å²) in [5.41, 5.74) is 0.0504. The number of aliphatic carboxylic acids is 1. The minimum Gasteiger partial charge on any atom is -0.477 e. The second-order valence-corrected chi connectivity index (χ2v) is 4.18. The fourth-order valence-electron chi connectivity index (χ4n) is 2.47. The van der Waals surface area contributed by atoms with Crippen LogP contribution in [0.2, 0.25) is 0 Å². The Morgan fingerprint density at radius 3 is 2.21 bits per heavy atom. The Labute approximate surface area is 117 Å². The van der Waals surface area contributed by atoms with Crippen LogP contribution in [0.4, 0.5) is 0 Å². The van der Waals surface area contributed by atoms with Gasteiger partial charge in [-0.2, -0.15) is 0 Å². The van der Waals surface area contributed by atoms with Crippen molar-refractivity contribution in [3.8, 4) is 0 Å². The molecule has 4 atom stereocenters. The minimum atomic E-state index is -1.08. The molecule has 2 aliphatic heterocycles. The third-order valence-corrected chi connectivity index (χ3v) is 3.15. The van der Waals surface area contributed by atoms with Crippen LogP contribution in [-0.4, -0.2) is 55.6 Å². The highest BCUT2D eigenvalue weighted by Crippen LogP contribution is 2.43. The van der Waals surface area contributed by atoms with Gasteiger partial charge in [-0.05, 0) is 18.9 Å². The van der Waals surface area contributed by atoms with Crippen molar-refractivity contribution in [2.24, 2.45) is 11.8 Å². The lowest BCUT2D eigenvalue weighted by Crippen LogP contribution is -2.63. The minimum absolute atomic E-state index is 0. The first-order valence-corrected chi connectivity index (χ1v) is 4.91. The summed E-state index contributed by atoms with van der Waals surface area (Å²) >= 11 is 0. The normalized spacial score (nSPS) is 28.2. The molecule has 2 rings (SSSR count). The van der Waals surface area contributed by atoms with Gasteiger partial charge in [-0.1, -0.05) is 6.92 Å². The van der Waals surface area contributed by atoms with Crippen LogP contribution in [0.15, 0.2) is 11.8 Å². The number of carboxylic acid groups (broad SMARTS) is 1. The van der Waals surface area contributed by atoms with E-state index in [1.165, 1.54) is 4.90 Å². The summed E-state index contributed by atoms with van der Waals surface area (Å²) in [6.45, 7) is 3.42. The Hall–Kier alpha value is -1.13. The van der Waals surface area contributed by atoms with Crippen molar-refractivity contribution >= 4 is 25.4 Å². The van der Waals surface area contributed by atoms with Crippen molar-refractivity contribution in [2.45, 2.75) is 26.0 Å². The molecule has 0 saturated carbocycles. The van der Waals surface area contributed by atoms with Gasteiger partial charge in [0.05, 0.1) is 18.1 Å². The molecule has 112 valence electrons. The fraction of sp³-hybridized carbons (Fsp3) is 0.600. The number of nitrogens with zero attached hydrogens (tertiary/aromatic N) is 1. The summed E-state index contributed by atoms with van der Waals surface area (Å²) < 4.78 is 0. The Kier molecular flexibility index (Phi) is 9.03. The maximum Gasteiger partial charge on any atom is 0.352 e. The molecule has 2 heterocycles. The number of aliphatic hydroxyl groups is 1. The second-order valence-electron chi connectivity index (χ2n) is 4.18. The van der Waals surface area contributed by atoms with Crippen molar-refractivity contribution in [1.82, 2.24) is 4.90 Å². The molecule has 0 aromatic heterocycles. The molecule has 0 aliphatic carbocycles. The number of carbonyl (C=O) groups is 2. The lowest BCUT2D eigenvalue weighted by atomic mass is 9.79. The SMILES string of the molecule is CC1C=C(C(=O)O)N2C(=O)C([C@@H](C)O)C12.O.O.O.[S]. The first-order valence-electron chi connectivity index (χ1n) is 4.91. The summed E-state index contributed by atoms with van der Waals surface area (Å²) in [7, 11) is 0. The van der Waals surface area contributed by atoms with E-state index in [9.17, 15) is 14.7 Å². The topological polar surface area (TPSA) is 172 Å². The number of amides is 1. The van der Waals surface area contributed by atoms with E-state index in [1.807, 2.05) is 6.92 Å². The zero-order valence-electron chi connectivity index (χ0n) is 10.5. The van der Waals surface area contributed by atoms with Gasteiger partial charge in [-0.25, -0.2) is 4.79 Å². The van der Waals surface area contributed by atoms with Gasteiger partial charge in [0.15, 0.2) is 0 Å². The molecule has 8 nitrogen and oxygen atoms in total. The van der Waals surface area contributed by atoms with Crippen LogP contribution >= 0.6 is 13.5 Å². The summed E-state index contributed by atoms with van der Waals surface area (Å²) in [6.07, 6.45) is 0.857. The zero-order chi connectivity index (χ0) is 11.3. The average Bonchev–Trinajstić information content (AvgIpc) is 2.38. The molecule has 0 bridgehead atoms. The van der Waals surface area contributed by atoms with Crippen LogP contribution in [0.25, 0.3) is 0 Å². The molecule has 0 aromatic rings. The monoisotopic (exact) mass is 297 g/mol. The molecule has 3 unspecified atom stereocenters. The molecule has 1 amide bonds. The van der Waals surface area contributed by atoms with E-state index in [0.29, 0.717) is 0 Å². The Balaban J connectivity index is -0.000000640. The van der Waals surface area contributed by atoms with E-state index >= 15 is 0 Å². The standard InChI is InChI=1S/C10H13NO4.3H2O.S/c1-4-3-6(10(14)15)11-8(4)7(5(2)12)9(11)13;;;;/h3-5,7-8,12H,1-2H3,(H,14,15);3*1H2;/t4?,5-,7?,8?;;;;/m1..../s1. The van der Waals surface area contributed by atoms with Gasteiger partial charge in [0.25, 0.3) is 0 Å². The van der Waals surface area contributed by atoms with Gasteiger partial charge in [0.1, 0.15) is 5.70 Å². The predicted octanol–water partition coefficient (Wildman–Crippen LogP) is -2.01. The van der Waals surface area contributed by atoms with E-state index in [0.717, 1.165) is 0 Å². The van der Waals surface area contributed by atoms with E-state index in [2.05, 4.69) is 0 Å². The summed E-state index contributed by atoms with van der Waals surface area (Å²) in [5.74, 6) is -1.82. The Morgan fingerprint density at radius 1 is 1.37 bits per heavy atom.